The number of aromatic nitrogens is 1. The Kier molecular flexibility index (Phi) is 5.95. The van der Waals surface area contributed by atoms with Gasteiger partial charge in [0.1, 0.15) is 17.6 Å². The van der Waals surface area contributed by atoms with Crippen molar-refractivity contribution in [1.82, 2.24) is 4.98 Å². The van der Waals surface area contributed by atoms with Crippen molar-refractivity contribution in [3.8, 4) is 29.0 Å². The third-order valence-corrected chi connectivity index (χ3v) is 3.92. The molecule has 27 heavy (non-hydrogen) atoms. The van der Waals surface area contributed by atoms with Crippen LogP contribution in [0, 0.1) is 11.3 Å². The van der Waals surface area contributed by atoms with Crippen LogP contribution in [0.4, 0.5) is 5.88 Å². The molecule has 0 aliphatic carbocycles. The van der Waals surface area contributed by atoms with E-state index < -0.39 is 0 Å². The van der Waals surface area contributed by atoms with Gasteiger partial charge in [-0.15, -0.1) is 0 Å². The van der Waals surface area contributed by atoms with Gasteiger partial charge in [0.05, 0.1) is 13.7 Å². The third kappa shape index (κ3) is 4.59. The normalized spacial score (nSPS) is 10.3. The minimum absolute atomic E-state index is 0.227. The first-order valence-corrected chi connectivity index (χ1v) is 8.74. The first kappa shape index (κ1) is 18.3. The van der Waals surface area contributed by atoms with Gasteiger partial charge in [0, 0.05) is 12.1 Å². The molecule has 1 aromatic heterocycles. The van der Waals surface area contributed by atoms with Crippen molar-refractivity contribution in [2.75, 3.05) is 19.0 Å². The zero-order valence-electron chi connectivity index (χ0n) is 15.4. The van der Waals surface area contributed by atoms with Crippen molar-refractivity contribution in [3.63, 3.8) is 0 Å². The van der Waals surface area contributed by atoms with Crippen LogP contribution in [0.1, 0.15) is 24.6 Å². The van der Waals surface area contributed by atoms with E-state index in [1.54, 1.807) is 7.11 Å². The topological polar surface area (TPSA) is 80.3 Å². The van der Waals surface area contributed by atoms with Gasteiger partial charge in [-0.1, -0.05) is 19.1 Å². The SMILES string of the molecule is CCCOc1ccc(-c2nc(C#N)c(NCc3ccc(OC)cc3)o2)cc1. The lowest BCUT2D eigenvalue weighted by Crippen LogP contribution is -1.99. The first-order chi connectivity index (χ1) is 13.2. The Morgan fingerprint density at radius 1 is 1.07 bits per heavy atom. The summed E-state index contributed by atoms with van der Waals surface area (Å²) < 4.78 is 16.5. The van der Waals surface area contributed by atoms with Crippen LogP contribution in [0.25, 0.3) is 11.5 Å². The number of nitriles is 1. The molecule has 0 unspecified atom stereocenters. The Bertz CT molecular complexity index is 909. The van der Waals surface area contributed by atoms with Gasteiger partial charge in [-0.2, -0.15) is 10.2 Å². The summed E-state index contributed by atoms with van der Waals surface area (Å²) in [5.41, 5.74) is 2.05. The van der Waals surface area contributed by atoms with Gasteiger partial charge in [0.25, 0.3) is 0 Å². The number of nitrogens with one attached hydrogen (secondary N) is 1. The summed E-state index contributed by atoms with van der Waals surface area (Å²) in [6.45, 7) is 3.25. The molecule has 6 nitrogen and oxygen atoms in total. The van der Waals surface area contributed by atoms with Gasteiger partial charge < -0.3 is 19.2 Å². The Morgan fingerprint density at radius 3 is 2.41 bits per heavy atom. The van der Waals surface area contributed by atoms with Crippen molar-refractivity contribution in [1.29, 1.82) is 5.26 Å². The lowest BCUT2D eigenvalue weighted by atomic mass is 10.2. The molecule has 3 aromatic rings. The number of oxazole rings is 1. The number of anilines is 1. The van der Waals surface area contributed by atoms with Gasteiger partial charge in [-0.25, -0.2) is 0 Å². The van der Waals surface area contributed by atoms with E-state index in [1.807, 2.05) is 48.5 Å². The van der Waals surface area contributed by atoms with E-state index >= 15 is 0 Å². The highest BCUT2D eigenvalue weighted by Crippen LogP contribution is 2.27. The van der Waals surface area contributed by atoms with Crippen LogP contribution in [0.3, 0.4) is 0 Å². The molecule has 3 rings (SSSR count). The molecular weight excluding hydrogens is 342 g/mol. The molecule has 0 bridgehead atoms. The number of rotatable bonds is 8. The standard InChI is InChI=1S/C21H21N3O3/c1-3-12-26-18-10-6-16(7-11-18)20-24-19(13-22)21(27-20)23-14-15-4-8-17(25-2)9-5-15/h4-11,23H,3,12,14H2,1-2H3. The molecule has 6 heteroatoms. The van der Waals surface area contributed by atoms with E-state index in [1.165, 1.54) is 0 Å². The van der Waals surface area contributed by atoms with Crippen molar-refractivity contribution in [2.24, 2.45) is 0 Å². The molecule has 1 heterocycles. The van der Waals surface area contributed by atoms with Crippen LogP contribution >= 0.6 is 0 Å². The quantitative estimate of drug-likeness (QED) is 0.629. The molecule has 2 aromatic carbocycles. The predicted molar refractivity (Wildman–Crippen MR) is 103 cm³/mol. The molecule has 0 amide bonds. The second kappa shape index (κ2) is 8.77. The van der Waals surface area contributed by atoms with E-state index in [4.69, 9.17) is 13.9 Å². The van der Waals surface area contributed by atoms with Gasteiger partial charge in [0.15, 0.2) is 0 Å². The summed E-state index contributed by atoms with van der Waals surface area (Å²) in [6.07, 6.45) is 0.955. The lowest BCUT2D eigenvalue weighted by Gasteiger charge is -2.05. The molecule has 0 fully saturated rings. The first-order valence-electron chi connectivity index (χ1n) is 8.74. The number of hydrogen-bond acceptors (Lipinski definition) is 6. The summed E-state index contributed by atoms with van der Waals surface area (Å²) in [5.74, 6) is 2.34. The maximum atomic E-state index is 9.34. The molecular formula is C21H21N3O3. The maximum Gasteiger partial charge on any atom is 0.232 e. The van der Waals surface area contributed by atoms with Crippen LogP contribution < -0.4 is 14.8 Å². The Labute approximate surface area is 158 Å². The second-order valence-corrected chi connectivity index (χ2v) is 5.88. The number of hydrogen-bond donors (Lipinski definition) is 1. The Balaban J connectivity index is 1.71. The summed E-state index contributed by atoms with van der Waals surface area (Å²) in [4.78, 5) is 4.28. The van der Waals surface area contributed by atoms with Crippen molar-refractivity contribution < 1.29 is 13.9 Å². The van der Waals surface area contributed by atoms with E-state index in [9.17, 15) is 5.26 Å². The van der Waals surface area contributed by atoms with Gasteiger partial charge in [0.2, 0.25) is 17.5 Å². The molecule has 0 spiro atoms. The zero-order valence-corrected chi connectivity index (χ0v) is 15.4. The zero-order chi connectivity index (χ0) is 19.1. The highest BCUT2D eigenvalue weighted by Gasteiger charge is 2.14. The Hall–Kier alpha value is -3.46. The predicted octanol–water partition coefficient (Wildman–Crippen LogP) is 4.62. The highest BCUT2D eigenvalue weighted by atomic mass is 16.5. The molecule has 138 valence electrons. The average molecular weight is 363 g/mol. The summed E-state index contributed by atoms with van der Waals surface area (Å²) >= 11 is 0. The van der Waals surface area contributed by atoms with Crippen LogP contribution in [-0.4, -0.2) is 18.7 Å². The van der Waals surface area contributed by atoms with Gasteiger partial charge in [-0.05, 0) is 48.4 Å². The van der Waals surface area contributed by atoms with E-state index in [-0.39, 0.29) is 5.69 Å². The smallest absolute Gasteiger partial charge is 0.232 e. The molecule has 0 aliphatic rings. The minimum atomic E-state index is 0.227. The number of ether oxygens (including phenoxy) is 2. The van der Waals surface area contributed by atoms with Crippen LogP contribution in [0.2, 0.25) is 0 Å². The molecule has 0 aliphatic heterocycles. The number of nitrogens with zero attached hydrogens (tertiary/aromatic N) is 2. The number of methoxy groups -OCH3 is 1. The molecule has 0 atom stereocenters. The Morgan fingerprint density at radius 2 is 1.78 bits per heavy atom. The monoisotopic (exact) mass is 363 g/mol. The number of benzene rings is 2. The van der Waals surface area contributed by atoms with Gasteiger partial charge >= 0.3 is 0 Å². The largest absolute Gasteiger partial charge is 0.497 e. The fraction of sp³-hybridized carbons (Fsp3) is 0.238. The minimum Gasteiger partial charge on any atom is -0.497 e. The van der Waals surface area contributed by atoms with E-state index in [2.05, 4.69) is 23.3 Å². The van der Waals surface area contributed by atoms with Crippen LogP contribution in [0.5, 0.6) is 11.5 Å². The van der Waals surface area contributed by atoms with E-state index in [0.717, 1.165) is 29.0 Å². The summed E-state index contributed by atoms with van der Waals surface area (Å²) in [5, 5.41) is 12.5. The van der Waals surface area contributed by atoms with Crippen molar-refractivity contribution in [2.45, 2.75) is 19.9 Å². The van der Waals surface area contributed by atoms with E-state index in [0.29, 0.717) is 24.9 Å². The highest BCUT2D eigenvalue weighted by molar-refractivity contribution is 5.59. The van der Waals surface area contributed by atoms with Crippen LogP contribution in [-0.2, 0) is 6.54 Å². The molecule has 0 saturated carbocycles. The molecule has 0 saturated heterocycles. The average Bonchev–Trinajstić information content (AvgIpc) is 3.14. The van der Waals surface area contributed by atoms with Crippen molar-refractivity contribution in [3.05, 3.63) is 59.8 Å². The van der Waals surface area contributed by atoms with Crippen molar-refractivity contribution >= 4 is 5.88 Å². The maximum absolute atomic E-state index is 9.34. The molecule has 1 N–H and O–H groups in total. The fourth-order valence-electron chi connectivity index (χ4n) is 2.48. The van der Waals surface area contributed by atoms with Gasteiger partial charge in [-0.3, -0.25) is 0 Å². The third-order valence-electron chi connectivity index (χ3n) is 3.92. The molecule has 0 radical (unpaired) electrons. The lowest BCUT2D eigenvalue weighted by molar-refractivity contribution is 0.317. The summed E-state index contributed by atoms with van der Waals surface area (Å²) in [7, 11) is 1.63. The second-order valence-electron chi connectivity index (χ2n) is 5.88. The fourth-order valence-corrected chi connectivity index (χ4v) is 2.48. The van der Waals surface area contributed by atoms with Crippen LogP contribution in [0.15, 0.2) is 52.9 Å². The summed E-state index contributed by atoms with van der Waals surface area (Å²) in [6, 6.07) is 17.2.